The van der Waals surface area contributed by atoms with E-state index in [9.17, 15) is 29.9 Å². The first-order valence-corrected chi connectivity index (χ1v) is 10.2. The second kappa shape index (κ2) is 8.49. The number of rotatable bonds is 6. The Kier molecular flexibility index (Phi) is 5.71. The van der Waals surface area contributed by atoms with Crippen LogP contribution in [-0.2, 0) is 14.1 Å². The summed E-state index contributed by atoms with van der Waals surface area (Å²) in [5, 5.41) is 32.6. The summed E-state index contributed by atoms with van der Waals surface area (Å²) in [4.78, 5) is 36.0. The smallest absolute Gasteiger partial charge is 0.330 e. The first-order valence-electron chi connectivity index (χ1n) is 10.2. The van der Waals surface area contributed by atoms with Crippen molar-refractivity contribution >= 4 is 16.6 Å². The minimum Gasteiger partial charge on any atom is -0.394 e. The Hall–Kier alpha value is -4.02. The van der Waals surface area contributed by atoms with Crippen LogP contribution in [0.3, 0.4) is 0 Å². The van der Waals surface area contributed by atoms with E-state index in [1.54, 1.807) is 42.1 Å². The number of fused-ring (bicyclic) bond motifs is 1. The predicted molar refractivity (Wildman–Crippen MR) is 122 cm³/mol. The van der Waals surface area contributed by atoms with Gasteiger partial charge in [0, 0.05) is 32.4 Å². The highest BCUT2D eigenvalue weighted by atomic mass is 16.6. The minimum absolute atomic E-state index is 0.123. The number of benzene rings is 2. The van der Waals surface area contributed by atoms with Crippen LogP contribution >= 0.6 is 0 Å². The lowest BCUT2D eigenvalue weighted by Crippen LogP contribution is -2.36. The van der Waals surface area contributed by atoms with Gasteiger partial charge in [-0.2, -0.15) is 0 Å². The number of hydrogen-bond donors (Lipinski definition) is 2. The van der Waals surface area contributed by atoms with Crippen molar-refractivity contribution < 1.29 is 15.1 Å². The van der Waals surface area contributed by atoms with Crippen LogP contribution in [0.1, 0.15) is 17.7 Å². The molecule has 2 aromatic carbocycles. The van der Waals surface area contributed by atoms with Gasteiger partial charge in [0.05, 0.1) is 34.2 Å². The maximum absolute atomic E-state index is 13.1. The Morgan fingerprint density at radius 1 is 1.00 bits per heavy atom. The van der Waals surface area contributed by atoms with Crippen molar-refractivity contribution in [1.82, 2.24) is 13.7 Å². The van der Waals surface area contributed by atoms with E-state index in [4.69, 9.17) is 0 Å². The molecule has 4 aromatic rings. The summed E-state index contributed by atoms with van der Waals surface area (Å²) in [6.07, 6.45) is 0.316. The van der Waals surface area contributed by atoms with E-state index in [1.165, 1.54) is 35.9 Å². The molecule has 0 aliphatic rings. The van der Waals surface area contributed by atoms with Gasteiger partial charge in [0.1, 0.15) is 6.10 Å². The fourth-order valence-electron chi connectivity index (χ4n) is 4.07. The molecule has 0 amide bonds. The third-order valence-corrected chi connectivity index (χ3v) is 5.87. The first-order chi connectivity index (χ1) is 15.8. The van der Waals surface area contributed by atoms with Gasteiger partial charge < -0.3 is 14.8 Å². The van der Waals surface area contributed by atoms with Gasteiger partial charge in [-0.3, -0.25) is 24.0 Å². The van der Waals surface area contributed by atoms with Crippen LogP contribution in [0.4, 0.5) is 5.69 Å². The number of aromatic nitrogens is 3. The highest BCUT2D eigenvalue weighted by Gasteiger charge is 2.28. The van der Waals surface area contributed by atoms with Crippen LogP contribution < -0.4 is 11.2 Å². The van der Waals surface area contributed by atoms with E-state index in [0.29, 0.717) is 22.3 Å². The van der Waals surface area contributed by atoms with E-state index >= 15 is 0 Å². The van der Waals surface area contributed by atoms with Gasteiger partial charge in [0.25, 0.3) is 11.2 Å². The lowest BCUT2D eigenvalue weighted by Gasteiger charge is -2.25. The van der Waals surface area contributed by atoms with Gasteiger partial charge in [0.2, 0.25) is 0 Å². The van der Waals surface area contributed by atoms with Crippen molar-refractivity contribution in [2.45, 2.75) is 12.1 Å². The molecule has 33 heavy (non-hydrogen) atoms. The van der Waals surface area contributed by atoms with Gasteiger partial charge in [-0.05, 0) is 23.3 Å². The van der Waals surface area contributed by atoms with Crippen LogP contribution in [0.15, 0.2) is 70.4 Å². The molecule has 0 unspecified atom stereocenters. The third-order valence-electron chi connectivity index (χ3n) is 5.87. The number of nitro groups is 1. The zero-order valence-corrected chi connectivity index (χ0v) is 18.0. The molecule has 0 saturated carbocycles. The monoisotopic (exact) mass is 450 g/mol. The molecular weight excluding hydrogens is 428 g/mol. The number of aliphatic hydroxyl groups is 2. The molecule has 2 atom stereocenters. The molecule has 2 heterocycles. The summed E-state index contributed by atoms with van der Waals surface area (Å²) < 4.78 is 3.94. The van der Waals surface area contributed by atoms with Crippen LogP contribution in [0.2, 0.25) is 0 Å². The summed E-state index contributed by atoms with van der Waals surface area (Å²) in [6.45, 7) is -0.493. The zero-order chi connectivity index (χ0) is 23.9. The van der Waals surface area contributed by atoms with Crippen molar-refractivity contribution in [3.63, 3.8) is 0 Å². The SMILES string of the molecule is Cn1c(=O)c2c(-c3ccccc3)n([C@@H](CO)[C@@H](O)c3ccc([N+](=O)[O-])cc3)cc2n(C)c1=O. The number of aliphatic hydroxyl groups excluding tert-OH is 2. The van der Waals surface area contributed by atoms with Crippen molar-refractivity contribution in [2.24, 2.45) is 14.1 Å². The number of nitro benzene ring substituents is 1. The van der Waals surface area contributed by atoms with Gasteiger partial charge in [-0.1, -0.05) is 30.3 Å². The Bertz CT molecular complexity index is 1450. The predicted octanol–water partition coefficient (Wildman–Crippen LogP) is 1.88. The quantitative estimate of drug-likeness (QED) is 0.340. The molecule has 0 aliphatic carbocycles. The summed E-state index contributed by atoms with van der Waals surface area (Å²) in [6, 6.07) is 13.5. The van der Waals surface area contributed by atoms with Crippen LogP contribution in [0, 0.1) is 10.1 Å². The Balaban J connectivity index is 1.98. The fraction of sp³-hybridized carbons (Fsp3) is 0.217. The molecular formula is C23H22N4O6. The molecule has 10 nitrogen and oxygen atoms in total. The van der Waals surface area contributed by atoms with Crippen LogP contribution in [0.25, 0.3) is 22.2 Å². The maximum Gasteiger partial charge on any atom is 0.330 e. The van der Waals surface area contributed by atoms with Gasteiger partial charge in [0.15, 0.2) is 0 Å². The molecule has 4 rings (SSSR count). The lowest BCUT2D eigenvalue weighted by molar-refractivity contribution is -0.384. The number of non-ortho nitro benzene ring substituents is 1. The lowest BCUT2D eigenvalue weighted by atomic mass is 10.0. The molecule has 2 aromatic heterocycles. The van der Waals surface area contributed by atoms with Crippen LogP contribution in [-0.4, -0.2) is 35.4 Å². The second-order valence-corrected chi connectivity index (χ2v) is 7.76. The number of hydrogen-bond acceptors (Lipinski definition) is 6. The van der Waals surface area contributed by atoms with E-state index in [1.807, 2.05) is 6.07 Å². The van der Waals surface area contributed by atoms with E-state index in [2.05, 4.69) is 0 Å². The molecule has 0 radical (unpaired) electrons. The van der Waals surface area contributed by atoms with E-state index in [-0.39, 0.29) is 11.1 Å². The molecule has 0 spiro atoms. The normalized spacial score (nSPS) is 13.2. The summed E-state index contributed by atoms with van der Waals surface area (Å²) in [7, 11) is 2.94. The maximum atomic E-state index is 13.1. The van der Waals surface area contributed by atoms with Crippen molar-refractivity contribution in [3.8, 4) is 11.3 Å². The zero-order valence-electron chi connectivity index (χ0n) is 18.0. The molecule has 10 heteroatoms. The van der Waals surface area contributed by atoms with Crippen molar-refractivity contribution in [3.05, 3.63) is 97.3 Å². The van der Waals surface area contributed by atoms with Gasteiger partial charge in [-0.15, -0.1) is 0 Å². The molecule has 0 bridgehead atoms. The topological polar surface area (TPSA) is 133 Å². The summed E-state index contributed by atoms with van der Waals surface area (Å²) in [5.74, 6) is 0. The van der Waals surface area contributed by atoms with Crippen molar-refractivity contribution in [1.29, 1.82) is 0 Å². The van der Waals surface area contributed by atoms with Gasteiger partial charge in [-0.25, -0.2) is 4.79 Å². The molecule has 170 valence electrons. The van der Waals surface area contributed by atoms with Crippen LogP contribution in [0.5, 0.6) is 0 Å². The Morgan fingerprint density at radius 2 is 1.64 bits per heavy atom. The van der Waals surface area contributed by atoms with E-state index < -0.39 is 34.9 Å². The number of aryl methyl sites for hydroxylation is 1. The average Bonchev–Trinajstić information content (AvgIpc) is 3.23. The Labute approximate surface area is 187 Å². The highest BCUT2D eigenvalue weighted by Crippen LogP contribution is 2.35. The Morgan fingerprint density at radius 3 is 2.21 bits per heavy atom. The highest BCUT2D eigenvalue weighted by molar-refractivity contribution is 5.93. The largest absolute Gasteiger partial charge is 0.394 e. The minimum atomic E-state index is -1.25. The van der Waals surface area contributed by atoms with Gasteiger partial charge >= 0.3 is 5.69 Å². The molecule has 2 N–H and O–H groups in total. The third kappa shape index (κ3) is 3.65. The molecule has 0 aliphatic heterocycles. The number of nitrogens with zero attached hydrogens (tertiary/aromatic N) is 4. The molecule has 0 fully saturated rings. The second-order valence-electron chi connectivity index (χ2n) is 7.76. The molecule has 0 saturated heterocycles. The standard InChI is InChI=1S/C23H22N4O6/c1-24-17-12-26(18(13-28)21(29)15-8-10-16(11-9-15)27(32)33)20(14-6-4-3-5-7-14)19(17)22(30)25(2)23(24)31/h3-12,18,21,28-29H,13H2,1-2H3/t18-,21-/m0/s1. The van der Waals surface area contributed by atoms with E-state index in [0.717, 1.165) is 4.57 Å². The summed E-state index contributed by atoms with van der Waals surface area (Å²) in [5.41, 5.74) is 0.712. The fourth-order valence-corrected chi connectivity index (χ4v) is 4.07. The average molecular weight is 450 g/mol. The van der Waals surface area contributed by atoms with Crippen molar-refractivity contribution in [2.75, 3.05) is 6.61 Å². The summed E-state index contributed by atoms with van der Waals surface area (Å²) >= 11 is 0. The first kappa shape index (κ1) is 22.2.